The first kappa shape index (κ1) is 19.9. The van der Waals surface area contributed by atoms with Gasteiger partial charge in [0.15, 0.2) is 11.0 Å². The van der Waals surface area contributed by atoms with Gasteiger partial charge in [0.2, 0.25) is 0 Å². The van der Waals surface area contributed by atoms with Gasteiger partial charge < -0.3 is 9.47 Å². The largest absolute Gasteiger partial charge is 0.497 e. The first-order valence-electron chi connectivity index (χ1n) is 9.16. The number of nitrogens with zero attached hydrogens (tertiary/aromatic N) is 3. The molecule has 0 aliphatic carbocycles. The molecule has 0 fully saturated rings. The fourth-order valence-corrected chi connectivity index (χ4v) is 3.35. The second-order valence-electron chi connectivity index (χ2n) is 6.07. The first-order valence-corrected chi connectivity index (χ1v) is 10.1. The Kier molecular flexibility index (Phi) is 7.08. The fraction of sp³-hybridized carbons (Fsp3) is 0.286. The van der Waals surface area contributed by atoms with Crippen LogP contribution in [-0.2, 0) is 9.53 Å². The smallest absolute Gasteiger partial charge is 0.316 e. The summed E-state index contributed by atoms with van der Waals surface area (Å²) in [7, 11) is 1.63. The normalized spacial score (nSPS) is 10.6. The minimum atomic E-state index is -0.243. The summed E-state index contributed by atoms with van der Waals surface area (Å²) in [5.74, 6) is 1.43. The molecule has 0 saturated carbocycles. The van der Waals surface area contributed by atoms with E-state index in [0.29, 0.717) is 17.6 Å². The molecule has 0 unspecified atom stereocenters. The van der Waals surface area contributed by atoms with Crippen molar-refractivity contribution in [2.45, 2.75) is 24.9 Å². The topological polar surface area (TPSA) is 66.2 Å². The van der Waals surface area contributed by atoms with Gasteiger partial charge in [-0.15, -0.1) is 10.2 Å². The zero-order chi connectivity index (χ0) is 19.8. The number of thioether (sulfide) groups is 1. The monoisotopic (exact) mass is 397 g/mol. The fourth-order valence-electron chi connectivity index (χ4n) is 2.60. The van der Waals surface area contributed by atoms with E-state index in [2.05, 4.69) is 17.1 Å². The van der Waals surface area contributed by atoms with E-state index in [-0.39, 0.29) is 11.7 Å². The summed E-state index contributed by atoms with van der Waals surface area (Å²) in [5.41, 5.74) is 1.84. The number of hydrogen-bond donors (Lipinski definition) is 0. The summed E-state index contributed by atoms with van der Waals surface area (Å²) in [5, 5.41) is 9.33. The number of benzene rings is 2. The quantitative estimate of drug-likeness (QED) is 0.303. The average molecular weight is 398 g/mol. The minimum absolute atomic E-state index is 0.192. The number of carbonyl (C=O) groups is 1. The third-order valence-corrected chi connectivity index (χ3v) is 4.98. The maximum atomic E-state index is 12.0. The predicted molar refractivity (Wildman–Crippen MR) is 110 cm³/mol. The molecule has 1 heterocycles. The van der Waals surface area contributed by atoms with E-state index >= 15 is 0 Å². The number of ether oxygens (including phenoxy) is 2. The first-order chi connectivity index (χ1) is 13.7. The highest BCUT2D eigenvalue weighted by molar-refractivity contribution is 7.99. The van der Waals surface area contributed by atoms with Gasteiger partial charge >= 0.3 is 5.97 Å². The van der Waals surface area contributed by atoms with Crippen LogP contribution < -0.4 is 4.74 Å². The third kappa shape index (κ3) is 4.92. The number of para-hydroxylation sites is 1. The summed E-state index contributed by atoms with van der Waals surface area (Å²) in [4.78, 5) is 12.0. The molecule has 0 spiro atoms. The highest BCUT2D eigenvalue weighted by Gasteiger charge is 2.17. The molecule has 0 aliphatic rings. The average Bonchev–Trinajstić information content (AvgIpc) is 3.17. The second kappa shape index (κ2) is 9.94. The molecule has 0 atom stereocenters. The zero-order valence-corrected chi connectivity index (χ0v) is 16.8. The molecule has 2 aromatic carbocycles. The van der Waals surface area contributed by atoms with Crippen molar-refractivity contribution < 1.29 is 14.3 Å². The summed E-state index contributed by atoms with van der Waals surface area (Å²) in [6.45, 7) is 2.52. The van der Waals surface area contributed by atoms with Crippen LogP contribution in [0, 0.1) is 0 Å². The van der Waals surface area contributed by atoms with Gasteiger partial charge in [-0.1, -0.05) is 43.3 Å². The summed E-state index contributed by atoms with van der Waals surface area (Å²) >= 11 is 1.32. The second-order valence-corrected chi connectivity index (χ2v) is 7.01. The van der Waals surface area contributed by atoms with Gasteiger partial charge in [0, 0.05) is 11.3 Å². The van der Waals surface area contributed by atoms with Crippen molar-refractivity contribution >= 4 is 17.7 Å². The Hall–Kier alpha value is -2.80. The predicted octanol–water partition coefficient (Wildman–Crippen LogP) is 4.38. The van der Waals surface area contributed by atoms with Crippen LogP contribution in [0.1, 0.15) is 19.8 Å². The van der Waals surface area contributed by atoms with Crippen molar-refractivity contribution in [2.75, 3.05) is 19.5 Å². The van der Waals surface area contributed by atoms with Crippen molar-refractivity contribution in [2.24, 2.45) is 0 Å². The van der Waals surface area contributed by atoms with Crippen LogP contribution in [0.2, 0.25) is 0 Å². The van der Waals surface area contributed by atoms with Crippen LogP contribution in [0.3, 0.4) is 0 Å². The van der Waals surface area contributed by atoms with Crippen LogP contribution in [0.15, 0.2) is 59.8 Å². The Labute approximate surface area is 168 Å². The molecule has 0 aliphatic heterocycles. The molecule has 0 radical (unpaired) electrons. The van der Waals surface area contributed by atoms with Crippen molar-refractivity contribution in [1.82, 2.24) is 14.8 Å². The molecule has 3 rings (SSSR count). The van der Waals surface area contributed by atoms with Gasteiger partial charge in [-0.2, -0.15) is 0 Å². The molecule has 1 aromatic heterocycles. The Morgan fingerprint density at radius 3 is 2.50 bits per heavy atom. The summed E-state index contributed by atoms with van der Waals surface area (Å²) in [6.07, 6.45) is 1.87. The lowest BCUT2D eigenvalue weighted by Crippen LogP contribution is -2.09. The van der Waals surface area contributed by atoms with Gasteiger partial charge in [0.25, 0.3) is 0 Å². The molecule has 6 nitrogen and oxygen atoms in total. The number of hydrogen-bond acceptors (Lipinski definition) is 6. The molecule has 3 aromatic rings. The number of aromatic nitrogens is 3. The van der Waals surface area contributed by atoms with Gasteiger partial charge in [0.1, 0.15) is 5.75 Å². The molecule has 7 heteroatoms. The Bertz CT molecular complexity index is 895. The zero-order valence-electron chi connectivity index (χ0n) is 16.0. The number of carbonyl (C=O) groups excluding carboxylic acids is 1. The summed E-state index contributed by atoms with van der Waals surface area (Å²) in [6, 6.07) is 17.5. The summed E-state index contributed by atoms with van der Waals surface area (Å²) < 4.78 is 12.4. The lowest BCUT2D eigenvalue weighted by molar-refractivity contribution is -0.140. The van der Waals surface area contributed by atoms with E-state index in [1.807, 2.05) is 59.2 Å². The Morgan fingerprint density at radius 2 is 1.82 bits per heavy atom. The van der Waals surface area contributed by atoms with Crippen molar-refractivity contribution in [3.8, 4) is 22.8 Å². The number of methoxy groups -OCH3 is 1. The Morgan fingerprint density at radius 1 is 1.07 bits per heavy atom. The van der Waals surface area contributed by atoms with Gasteiger partial charge in [-0.3, -0.25) is 9.36 Å². The molecule has 0 amide bonds. The maximum Gasteiger partial charge on any atom is 0.316 e. The van der Waals surface area contributed by atoms with E-state index < -0.39 is 0 Å². The number of rotatable bonds is 9. The van der Waals surface area contributed by atoms with Crippen LogP contribution in [0.5, 0.6) is 5.75 Å². The molecular weight excluding hydrogens is 374 g/mol. The maximum absolute atomic E-state index is 12.0. The molecule has 0 bridgehead atoms. The van der Waals surface area contributed by atoms with Crippen LogP contribution in [-0.4, -0.2) is 40.2 Å². The number of unbranched alkanes of at least 4 members (excludes halogenated alkanes) is 1. The third-order valence-electron chi connectivity index (χ3n) is 4.08. The van der Waals surface area contributed by atoms with Crippen LogP contribution >= 0.6 is 11.8 Å². The lowest BCUT2D eigenvalue weighted by Gasteiger charge is -2.10. The number of esters is 1. The SMILES string of the molecule is CCCCOC(=O)CSc1nnc(-c2ccc(OC)cc2)n1-c1ccccc1. The van der Waals surface area contributed by atoms with E-state index in [9.17, 15) is 4.79 Å². The highest BCUT2D eigenvalue weighted by Crippen LogP contribution is 2.29. The molecule has 0 N–H and O–H groups in total. The Balaban J connectivity index is 1.86. The lowest BCUT2D eigenvalue weighted by atomic mass is 10.2. The van der Waals surface area contributed by atoms with E-state index in [0.717, 1.165) is 29.8 Å². The van der Waals surface area contributed by atoms with Gasteiger partial charge in [-0.25, -0.2) is 0 Å². The highest BCUT2D eigenvalue weighted by atomic mass is 32.2. The molecule has 0 saturated heterocycles. The van der Waals surface area contributed by atoms with E-state index in [4.69, 9.17) is 9.47 Å². The van der Waals surface area contributed by atoms with Crippen LogP contribution in [0.25, 0.3) is 17.1 Å². The van der Waals surface area contributed by atoms with E-state index in [1.54, 1.807) is 7.11 Å². The molecule has 146 valence electrons. The molecule has 28 heavy (non-hydrogen) atoms. The van der Waals surface area contributed by atoms with Crippen LogP contribution in [0.4, 0.5) is 0 Å². The van der Waals surface area contributed by atoms with Gasteiger partial charge in [0.05, 0.1) is 19.5 Å². The minimum Gasteiger partial charge on any atom is -0.497 e. The van der Waals surface area contributed by atoms with Gasteiger partial charge in [-0.05, 0) is 42.8 Å². The molecular formula is C21H23N3O3S. The van der Waals surface area contributed by atoms with Crippen molar-refractivity contribution in [3.63, 3.8) is 0 Å². The van der Waals surface area contributed by atoms with Crippen molar-refractivity contribution in [1.29, 1.82) is 0 Å². The van der Waals surface area contributed by atoms with Crippen molar-refractivity contribution in [3.05, 3.63) is 54.6 Å². The van der Waals surface area contributed by atoms with E-state index in [1.165, 1.54) is 11.8 Å². The standard InChI is InChI=1S/C21H23N3O3S/c1-3-4-14-27-19(25)15-28-21-23-22-20(16-10-12-18(26-2)13-11-16)24(21)17-8-6-5-7-9-17/h5-13H,3-4,14-15H2,1-2H3.